The lowest BCUT2D eigenvalue weighted by Gasteiger charge is -2.28. The van der Waals surface area contributed by atoms with Crippen molar-refractivity contribution < 1.29 is 0 Å². The summed E-state index contributed by atoms with van der Waals surface area (Å²) in [5, 5.41) is 7.35. The van der Waals surface area contributed by atoms with E-state index < -0.39 is 0 Å². The molecule has 2 N–H and O–H groups in total. The van der Waals surface area contributed by atoms with Crippen molar-refractivity contribution >= 4 is 0 Å². The number of nitrogens with one attached hydrogen (secondary N) is 2. The molecule has 0 fully saturated rings. The summed E-state index contributed by atoms with van der Waals surface area (Å²) in [7, 11) is 0. The van der Waals surface area contributed by atoms with Crippen LogP contribution in [0, 0.1) is 5.92 Å². The minimum absolute atomic E-state index is 0.375. The molecule has 0 aromatic carbocycles. The van der Waals surface area contributed by atoms with Gasteiger partial charge in [0.2, 0.25) is 0 Å². The number of hydrogen-bond donors (Lipinski definition) is 2. The zero-order chi connectivity index (χ0) is 16.8. The van der Waals surface area contributed by atoms with Crippen LogP contribution in [0.1, 0.15) is 86.0 Å². The zero-order valence-electron chi connectivity index (χ0n) is 15.8. The van der Waals surface area contributed by atoms with Gasteiger partial charge in [-0.25, -0.2) is 0 Å². The average molecular weight is 309 g/mol. The lowest BCUT2D eigenvalue weighted by molar-refractivity contribution is 0.455. The molecular formula is C20H40N2. The highest BCUT2D eigenvalue weighted by Gasteiger charge is 2.16. The average Bonchev–Trinajstić information content (AvgIpc) is 2.52. The van der Waals surface area contributed by atoms with Gasteiger partial charge in [0, 0.05) is 17.9 Å². The van der Waals surface area contributed by atoms with Crippen molar-refractivity contribution in [1.29, 1.82) is 0 Å². The van der Waals surface area contributed by atoms with E-state index >= 15 is 0 Å². The molecule has 0 radical (unpaired) electrons. The molecule has 0 aromatic rings. The van der Waals surface area contributed by atoms with E-state index in [1.54, 1.807) is 0 Å². The van der Waals surface area contributed by atoms with Gasteiger partial charge in [-0.1, -0.05) is 66.5 Å². The molecule has 0 aliphatic carbocycles. The molecule has 2 heteroatoms. The largest absolute Gasteiger partial charge is 0.387 e. The van der Waals surface area contributed by atoms with Crippen molar-refractivity contribution in [2.24, 2.45) is 5.92 Å². The Labute approximate surface area is 139 Å². The molecule has 2 unspecified atom stereocenters. The number of allylic oxidation sites excluding steroid dienone is 2. The molecule has 0 aliphatic rings. The van der Waals surface area contributed by atoms with Crippen LogP contribution < -0.4 is 10.6 Å². The van der Waals surface area contributed by atoms with E-state index in [1.807, 2.05) is 0 Å². The monoisotopic (exact) mass is 308 g/mol. The van der Waals surface area contributed by atoms with Crippen LogP contribution in [0.15, 0.2) is 24.0 Å². The topological polar surface area (TPSA) is 24.1 Å². The molecule has 2 atom stereocenters. The van der Waals surface area contributed by atoms with Gasteiger partial charge in [0.15, 0.2) is 0 Å². The van der Waals surface area contributed by atoms with Gasteiger partial charge < -0.3 is 10.6 Å². The van der Waals surface area contributed by atoms with Crippen LogP contribution in [0.25, 0.3) is 0 Å². The Morgan fingerprint density at radius 2 is 1.68 bits per heavy atom. The highest BCUT2D eigenvalue weighted by atomic mass is 15.0. The van der Waals surface area contributed by atoms with Crippen LogP contribution in [0.5, 0.6) is 0 Å². The normalized spacial score (nSPS) is 14.5. The van der Waals surface area contributed by atoms with E-state index in [2.05, 4.69) is 57.9 Å². The number of hydrogen-bond acceptors (Lipinski definition) is 2. The lowest BCUT2D eigenvalue weighted by Crippen LogP contribution is -2.37. The van der Waals surface area contributed by atoms with Gasteiger partial charge in [0.1, 0.15) is 0 Å². The minimum atomic E-state index is 0.375. The second-order valence-electron chi connectivity index (χ2n) is 6.23. The third-order valence-corrected chi connectivity index (χ3v) is 4.32. The first-order valence-corrected chi connectivity index (χ1v) is 9.53. The Hall–Kier alpha value is -0.920. The van der Waals surface area contributed by atoms with Gasteiger partial charge in [-0.05, 0) is 38.0 Å². The molecule has 2 nitrogen and oxygen atoms in total. The first-order chi connectivity index (χ1) is 10.6. The van der Waals surface area contributed by atoms with E-state index in [9.17, 15) is 0 Å². The fourth-order valence-electron chi connectivity index (χ4n) is 2.78. The van der Waals surface area contributed by atoms with Gasteiger partial charge in [-0.2, -0.15) is 0 Å². The van der Waals surface area contributed by atoms with Crippen LogP contribution in [-0.4, -0.2) is 12.6 Å². The Morgan fingerprint density at radius 1 is 1.00 bits per heavy atom. The molecule has 130 valence electrons. The Bertz CT molecular complexity index is 307. The molecule has 0 bridgehead atoms. The molecule has 0 aliphatic heterocycles. The zero-order valence-corrected chi connectivity index (χ0v) is 15.8. The van der Waals surface area contributed by atoms with Crippen molar-refractivity contribution in [3.8, 4) is 0 Å². The van der Waals surface area contributed by atoms with Crippen molar-refractivity contribution in [1.82, 2.24) is 10.6 Å². The van der Waals surface area contributed by atoms with E-state index in [-0.39, 0.29) is 0 Å². The van der Waals surface area contributed by atoms with E-state index in [0.29, 0.717) is 12.0 Å². The molecule has 0 aromatic heterocycles. The molecule has 0 saturated heterocycles. The van der Waals surface area contributed by atoms with Gasteiger partial charge in [-0.3, -0.25) is 0 Å². The first-order valence-electron chi connectivity index (χ1n) is 9.53. The summed E-state index contributed by atoms with van der Waals surface area (Å²) in [6, 6.07) is 0.375. The third kappa shape index (κ3) is 8.51. The molecule has 0 heterocycles. The quantitative estimate of drug-likeness (QED) is 0.398. The van der Waals surface area contributed by atoms with E-state index in [1.165, 1.54) is 49.9 Å². The second kappa shape index (κ2) is 13.7. The van der Waals surface area contributed by atoms with E-state index in [4.69, 9.17) is 0 Å². The van der Waals surface area contributed by atoms with Gasteiger partial charge in [0.05, 0.1) is 6.04 Å². The molecule has 0 saturated carbocycles. The smallest absolute Gasteiger partial charge is 0.0650 e. The van der Waals surface area contributed by atoms with Crippen molar-refractivity contribution in [3.05, 3.63) is 24.0 Å². The predicted molar refractivity (Wildman–Crippen MR) is 101 cm³/mol. The maximum absolute atomic E-state index is 4.34. The van der Waals surface area contributed by atoms with Gasteiger partial charge >= 0.3 is 0 Å². The Kier molecular flexibility index (Phi) is 13.1. The summed E-state index contributed by atoms with van der Waals surface area (Å²) in [5.41, 5.74) is 2.58. The maximum Gasteiger partial charge on any atom is 0.0650 e. The molecular weight excluding hydrogens is 268 g/mol. The summed E-state index contributed by atoms with van der Waals surface area (Å²) < 4.78 is 0. The summed E-state index contributed by atoms with van der Waals surface area (Å²) in [5.74, 6) is 0.604. The number of rotatable bonds is 14. The Morgan fingerprint density at radius 3 is 2.18 bits per heavy atom. The predicted octanol–water partition coefficient (Wildman–Crippen LogP) is 5.77. The maximum atomic E-state index is 4.34. The third-order valence-electron chi connectivity index (χ3n) is 4.32. The van der Waals surface area contributed by atoms with Gasteiger partial charge in [-0.15, -0.1) is 0 Å². The van der Waals surface area contributed by atoms with Crippen LogP contribution in [-0.2, 0) is 0 Å². The van der Waals surface area contributed by atoms with Crippen molar-refractivity contribution in [2.75, 3.05) is 6.54 Å². The molecule has 22 heavy (non-hydrogen) atoms. The van der Waals surface area contributed by atoms with Gasteiger partial charge in [0.25, 0.3) is 0 Å². The summed E-state index contributed by atoms with van der Waals surface area (Å²) in [6.45, 7) is 16.6. The molecule has 0 amide bonds. The minimum Gasteiger partial charge on any atom is -0.387 e. The first kappa shape index (κ1) is 21.1. The highest BCUT2D eigenvalue weighted by Crippen LogP contribution is 2.20. The Balaban J connectivity index is 4.68. The van der Waals surface area contributed by atoms with Crippen LogP contribution in [0.3, 0.4) is 0 Å². The van der Waals surface area contributed by atoms with Crippen molar-refractivity contribution in [3.63, 3.8) is 0 Å². The van der Waals surface area contributed by atoms with Crippen molar-refractivity contribution in [2.45, 2.75) is 92.0 Å². The highest BCUT2D eigenvalue weighted by molar-refractivity contribution is 5.13. The van der Waals surface area contributed by atoms with E-state index in [0.717, 1.165) is 19.4 Å². The fraction of sp³-hybridized carbons (Fsp3) is 0.800. The van der Waals surface area contributed by atoms with Crippen LogP contribution in [0.4, 0.5) is 0 Å². The summed E-state index contributed by atoms with van der Waals surface area (Å²) in [6.07, 6.45) is 12.0. The SMILES string of the molecule is C=C(NC(CC)/C(=C\CC)NCCCC)C(CC)CCCC. The van der Waals surface area contributed by atoms with Crippen LogP contribution >= 0.6 is 0 Å². The standard InChI is InChI=1S/C20H40N2/c1-7-12-15-18(10-4)17(6)22-19(11-5)20(14-9-3)21-16-13-8-2/h14,18-19,21-22H,6-13,15-16H2,1-5H3/b20-14+. The number of unbranched alkanes of at least 4 members (excludes halogenated alkanes) is 2. The fourth-order valence-corrected chi connectivity index (χ4v) is 2.78. The molecule has 0 rings (SSSR count). The second-order valence-corrected chi connectivity index (χ2v) is 6.23. The molecule has 0 spiro atoms. The lowest BCUT2D eigenvalue weighted by atomic mass is 9.95. The summed E-state index contributed by atoms with van der Waals surface area (Å²) in [4.78, 5) is 0. The van der Waals surface area contributed by atoms with Crippen LogP contribution in [0.2, 0.25) is 0 Å². The summed E-state index contributed by atoms with van der Waals surface area (Å²) >= 11 is 0.